The van der Waals surface area contributed by atoms with Gasteiger partial charge in [-0.1, -0.05) is 0 Å². The average Bonchev–Trinajstić information content (AvgIpc) is 0.927. The molecular weight excluding hydrogens is 1360 g/mol. The number of halogens is 24. The molecule has 44 heteroatoms. The third kappa shape index (κ3) is 10.7. The number of rotatable bonds is 8. The first-order chi connectivity index (χ1) is 44.7. The van der Waals surface area contributed by atoms with Crippen molar-refractivity contribution in [3.05, 3.63) is 168 Å². The third-order valence-corrected chi connectivity index (χ3v) is 14.0. The number of hydrogen-bond donors (Lipinski definition) is 0. The molecule has 0 N–H and O–H groups in total. The molecule has 0 saturated carbocycles. The van der Waals surface area contributed by atoms with Crippen LogP contribution in [0.4, 0.5) is 105 Å². The van der Waals surface area contributed by atoms with E-state index in [1.54, 1.807) is 0 Å². The second-order valence-corrected chi connectivity index (χ2v) is 19.9. The van der Waals surface area contributed by atoms with E-state index in [0.29, 0.717) is 74.4 Å². The van der Waals surface area contributed by atoms with Gasteiger partial charge in [-0.05, 0) is 48.5 Å². The molecule has 0 atom stereocenters. The molecule has 20 nitrogen and oxygen atoms in total. The zero-order chi connectivity index (χ0) is 69.1. The predicted molar refractivity (Wildman–Crippen MR) is 270 cm³/mol. The van der Waals surface area contributed by atoms with Gasteiger partial charge in [-0.15, -0.1) is 0 Å². The van der Waals surface area contributed by atoms with Crippen molar-refractivity contribution in [2.75, 3.05) is 0 Å². The molecule has 0 amide bonds. The third-order valence-electron chi connectivity index (χ3n) is 14.0. The molecule has 0 fully saturated rings. The predicted octanol–water partition coefficient (Wildman–Crippen LogP) is 13.9. The van der Waals surface area contributed by atoms with Crippen LogP contribution in [0.2, 0.25) is 0 Å². The van der Waals surface area contributed by atoms with Gasteiger partial charge in [-0.25, -0.2) is 37.5 Å². The van der Waals surface area contributed by atoms with Crippen LogP contribution in [-0.2, 0) is 49.4 Å². The minimum Gasteiger partial charge on any atom is -0.252 e. The van der Waals surface area contributed by atoms with Crippen molar-refractivity contribution in [1.29, 1.82) is 0 Å². The lowest BCUT2D eigenvalue weighted by Gasteiger charge is -2.31. The lowest BCUT2D eigenvalue weighted by atomic mass is 9.83. The zero-order valence-electron chi connectivity index (χ0n) is 45.6. The Bertz CT molecular complexity index is 4420. The van der Waals surface area contributed by atoms with Gasteiger partial charge in [0.25, 0.3) is 0 Å². The van der Waals surface area contributed by atoms with Crippen LogP contribution in [0.3, 0.4) is 0 Å². The van der Waals surface area contributed by atoms with Crippen molar-refractivity contribution in [1.82, 2.24) is 98.2 Å². The molecule has 10 heterocycles. The highest BCUT2D eigenvalue weighted by Gasteiger charge is 2.47. The molecule has 0 spiro atoms. The monoisotopic (exact) mass is 1380 g/mol. The molecule has 0 radical (unpaired) electrons. The number of aromatic nitrogens is 20. The van der Waals surface area contributed by atoms with E-state index in [9.17, 15) is 105 Å². The van der Waals surface area contributed by atoms with Gasteiger partial charge in [-0.2, -0.15) is 146 Å². The Morgan fingerprint density at radius 3 is 0.427 bits per heavy atom. The molecule has 13 rings (SSSR count). The van der Waals surface area contributed by atoms with Gasteiger partial charge in [-0.3, -0.25) is 19.9 Å². The van der Waals surface area contributed by atoms with E-state index in [1.807, 2.05) is 0 Å². The summed E-state index contributed by atoms with van der Waals surface area (Å²) in [6.45, 7) is 0. The maximum absolute atomic E-state index is 15.0. The van der Waals surface area contributed by atoms with Crippen LogP contribution in [0, 0.1) is 0 Å². The highest BCUT2D eigenvalue weighted by molar-refractivity contribution is 6.11. The zero-order valence-corrected chi connectivity index (χ0v) is 45.6. The van der Waals surface area contributed by atoms with Crippen molar-refractivity contribution < 1.29 is 105 Å². The minimum absolute atomic E-state index is 0.108. The molecule has 496 valence electrons. The Labute approximate surface area is 511 Å². The maximum Gasteiger partial charge on any atom is 0.435 e. The Morgan fingerprint density at radius 2 is 0.312 bits per heavy atom. The lowest BCUT2D eigenvalue weighted by molar-refractivity contribution is -0.142. The number of hydrogen-bond acceptors (Lipinski definition) is 12. The summed E-state index contributed by atoms with van der Waals surface area (Å²) < 4.78 is 359. The van der Waals surface area contributed by atoms with E-state index < -0.39 is 185 Å². The molecule has 1 aliphatic carbocycles. The fourth-order valence-electron chi connectivity index (χ4n) is 10.3. The van der Waals surface area contributed by atoms with Gasteiger partial charge in [0, 0.05) is 96.6 Å². The summed E-state index contributed by atoms with van der Waals surface area (Å²) in [6.07, 6.45) is -38.5. The summed E-state index contributed by atoms with van der Waals surface area (Å²) >= 11 is 0. The molecule has 96 heavy (non-hydrogen) atoms. The summed E-state index contributed by atoms with van der Waals surface area (Å²) in [6, 6.07) is 1.52. The van der Waals surface area contributed by atoms with E-state index in [2.05, 4.69) is 60.7 Å². The summed E-state index contributed by atoms with van der Waals surface area (Å²) in [5.74, 6) is 0. The first kappa shape index (κ1) is 63.4. The van der Waals surface area contributed by atoms with Crippen molar-refractivity contribution >= 4 is 0 Å². The van der Waals surface area contributed by atoms with Crippen LogP contribution in [0.15, 0.2) is 123 Å². The Hall–Kier alpha value is -11.4. The van der Waals surface area contributed by atoms with Crippen molar-refractivity contribution in [2.45, 2.75) is 49.4 Å². The van der Waals surface area contributed by atoms with Crippen LogP contribution in [0.1, 0.15) is 45.6 Å². The molecule has 0 saturated heterocycles. The van der Waals surface area contributed by atoms with E-state index in [-0.39, 0.29) is 86.0 Å². The fraction of sp³-hybridized carbons (Fsp3) is 0.154. The van der Waals surface area contributed by atoms with Gasteiger partial charge in [0.15, 0.2) is 45.6 Å². The van der Waals surface area contributed by atoms with Crippen LogP contribution in [0.25, 0.3) is 90.5 Å². The molecule has 12 aromatic rings. The lowest BCUT2D eigenvalue weighted by Crippen LogP contribution is -2.22. The molecule has 10 aromatic heterocycles. The SMILES string of the molecule is FC(F)(F)c1ccn(-c2c3c(c(-n4ccc(C(F)(F)F)n4)c(-n4ccc(C(F)(F)F)n4)c2-n2ccc(C(F)(F)F)n2)-c2nccnc2-c2c(c(-n4ccc(C(F)(F)F)n4)c(-n4ccc(C(F)(F)F)n4)c(-n4ccc(C(F)(F)F)n4)c2-n2ccc(C(F)(F)F)n2)-c2nccnc2-3)n1. The topological polar surface area (TPSA) is 194 Å². The smallest absolute Gasteiger partial charge is 0.252 e. The number of fused-ring (bicyclic) bond motifs is 8. The van der Waals surface area contributed by atoms with Crippen molar-refractivity contribution in [3.8, 4) is 90.5 Å². The van der Waals surface area contributed by atoms with E-state index in [4.69, 9.17) is 0 Å². The number of nitrogens with zero attached hydrogens (tertiary/aromatic N) is 20. The molecular formula is C52H20F24N20. The van der Waals surface area contributed by atoms with Crippen LogP contribution < -0.4 is 0 Å². The Kier molecular flexibility index (Phi) is 13.9. The van der Waals surface area contributed by atoms with Gasteiger partial charge >= 0.3 is 49.4 Å². The van der Waals surface area contributed by atoms with Crippen molar-refractivity contribution in [3.63, 3.8) is 0 Å². The average molecular weight is 1380 g/mol. The quantitative estimate of drug-likeness (QED) is 0.131. The van der Waals surface area contributed by atoms with Crippen LogP contribution in [-0.4, -0.2) is 98.2 Å². The molecule has 0 aliphatic heterocycles. The highest BCUT2D eigenvalue weighted by Crippen LogP contribution is 2.58. The molecule has 0 unspecified atom stereocenters. The van der Waals surface area contributed by atoms with E-state index >= 15 is 0 Å². The first-order valence-electron chi connectivity index (χ1n) is 25.8. The summed E-state index contributed by atoms with van der Waals surface area (Å²) in [5.41, 5.74) is -34.5. The number of alkyl halides is 24. The summed E-state index contributed by atoms with van der Waals surface area (Å²) in [5, 5.41) is 28.5. The van der Waals surface area contributed by atoms with Gasteiger partial charge in [0.05, 0.1) is 22.8 Å². The van der Waals surface area contributed by atoms with Gasteiger partial charge in [0.1, 0.15) is 45.5 Å². The Morgan fingerprint density at radius 1 is 0.188 bits per heavy atom. The summed E-state index contributed by atoms with van der Waals surface area (Å²) in [7, 11) is 0. The Balaban J connectivity index is 1.37. The maximum atomic E-state index is 15.0. The van der Waals surface area contributed by atoms with Gasteiger partial charge < -0.3 is 0 Å². The second kappa shape index (κ2) is 21.1. The molecule has 2 aromatic carbocycles. The second-order valence-electron chi connectivity index (χ2n) is 19.9. The standard InChI is InChI=1S/C52H20F24N20/c53-45(54,55)21-1-13-89(81-21)37-29-30(38(90-14-2-22(82-90)46(56,57)58)42(94-18-6-26(86-94)50(68,69)70)41(37)93-17-5-25(85-93)49(65,66)67)34-36(80-12-11-78-34)32-31(35-33(29)77-9-10-79-35)39(91-15-3-23(83-91)47(59,60)61)43(95-19-7-27(87-95)51(71,72)73)44(96-20-8-28(88-96)52(74,75)76)40(32)92-16-4-24(84-92)48(62,63)64/h1-20H. The van der Waals surface area contributed by atoms with Crippen molar-refractivity contribution in [2.24, 2.45) is 0 Å². The normalized spacial score (nSPS) is 13.4. The first-order valence-corrected chi connectivity index (χ1v) is 25.8. The van der Waals surface area contributed by atoms with Crippen LogP contribution in [0.5, 0.6) is 0 Å². The molecule has 1 aliphatic rings. The van der Waals surface area contributed by atoms with Gasteiger partial charge in [0.2, 0.25) is 0 Å². The largest absolute Gasteiger partial charge is 0.435 e. The minimum atomic E-state index is -5.54. The van der Waals surface area contributed by atoms with E-state index in [1.165, 1.54) is 0 Å². The highest BCUT2D eigenvalue weighted by atomic mass is 19.4. The molecule has 0 bridgehead atoms. The van der Waals surface area contributed by atoms with E-state index in [0.717, 1.165) is 0 Å². The number of benzene rings is 2. The van der Waals surface area contributed by atoms with Crippen LogP contribution >= 0.6 is 0 Å². The fourth-order valence-corrected chi connectivity index (χ4v) is 10.3. The summed E-state index contributed by atoms with van der Waals surface area (Å²) in [4.78, 5) is 17.5.